The summed E-state index contributed by atoms with van der Waals surface area (Å²) in [5.41, 5.74) is 2.53. The van der Waals surface area contributed by atoms with E-state index in [0.29, 0.717) is 0 Å². The van der Waals surface area contributed by atoms with Gasteiger partial charge in [-0.1, -0.05) is 0 Å². The first-order chi connectivity index (χ1) is 8.75. The highest BCUT2D eigenvalue weighted by Crippen LogP contribution is 2.35. The number of nitrogens with zero attached hydrogens (tertiary/aromatic N) is 2. The van der Waals surface area contributed by atoms with Gasteiger partial charge in [-0.05, 0) is 26.8 Å². The smallest absolute Gasteiger partial charge is 0.156 e. The Bertz CT molecular complexity index is 409. The number of nitrogens with one attached hydrogen (secondary N) is 2. The van der Waals surface area contributed by atoms with Crippen LogP contribution in [0.5, 0.6) is 0 Å². The molecule has 1 saturated heterocycles. The molecule has 18 heavy (non-hydrogen) atoms. The number of fused-ring (bicyclic) bond motifs is 1. The monoisotopic (exact) mass is 250 g/mol. The molecule has 0 spiro atoms. The van der Waals surface area contributed by atoms with Gasteiger partial charge in [0, 0.05) is 37.3 Å². The molecule has 3 rings (SSSR count). The highest BCUT2D eigenvalue weighted by Gasteiger charge is 2.29. The SMILES string of the molecule is CC1Cc2[nH]nc(N3CCCNCC3)c2C(C)O1. The summed E-state index contributed by atoms with van der Waals surface area (Å²) in [6.07, 6.45) is 2.55. The van der Waals surface area contributed by atoms with Gasteiger partial charge in [0.1, 0.15) is 0 Å². The van der Waals surface area contributed by atoms with Crippen LogP contribution in [0.4, 0.5) is 5.82 Å². The molecule has 0 bridgehead atoms. The van der Waals surface area contributed by atoms with E-state index in [-0.39, 0.29) is 12.2 Å². The fourth-order valence-corrected chi connectivity index (χ4v) is 3.01. The second kappa shape index (κ2) is 4.90. The summed E-state index contributed by atoms with van der Waals surface area (Å²) in [5.74, 6) is 1.10. The summed E-state index contributed by atoms with van der Waals surface area (Å²) in [7, 11) is 0. The topological polar surface area (TPSA) is 53.2 Å². The normalized spacial score (nSPS) is 28.9. The maximum Gasteiger partial charge on any atom is 0.156 e. The Labute approximate surface area is 108 Å². The van der Waals surface area contributed by atoms with Crippen LogP contribution in [-0.2, 0) is 11.2 Å². The van der Waals surface area contributed by atoms with Crippen molar-refractivity contribution in [2.45, 2.75) is 38.9 Å². The molecule has 2 atom stereocenters. The number of rotatable bonds is 1. The number of hydrogen-bond donors (Lipinski definition) is 2. The van der Waals surface area contributed by atoms with Crippen molar-refractivity contribution < 1.29 is 4.74 Å². The van der Waals surface area contributed by atoms with Gasteiger partial charge in [0.2, 0.25) is 0 Å². The van der Waals surface area contributed by atoms with Crippen LogP contribution in [0.3, 0.4) is 0 Å². The Morgan fingerprint density at radius 3 is 3.06 bits per heavy atom. The fraction of sp³-hybridized carbons (Fsp3) is 0.769. The fourth-order valence-electron chi connectivity index (χ4n) is 3.01. The lowest BCUT2D eigenvalue weighted by molar-refractivity contribution is -0.00490. The zero-order valence-corrected chi connectivity index (χ0v) is 11.2. The quantitative estimate of drug-likeness (QED) is 0.787. The van der Waals surface area contributed by atoms with E-state index in [1.807, 2.05) is 0 Å². The average Bonchev–Trinajstić information content (AvgIpc) is 2.59. The number of H-pyrrole nitrogens is 1. The van der Waals surface area contributed by atoms with Crippen molar-refractivity contribution >= 4 is 5.82 Å². The van der Waals surface area contributed by atoms with Crippen molar-refractivity contribution in [2.75, 3.05) is 31.1 Å². The van der Waals surface area contributed by atoms with Crippen molar-refractivity contribution in [2.24, 2.45) is 0 Å². The van der Waals surface area contributed by atoms with Crippen molar-refractivity contribution in [3.8, 4) is 0 Å². The zero-order valence-electron chi connectivity index (χ0n) is 11.2. The molecule has 0 saturated carbocycles. The van der Waals surface area contributed by atoms with Crippen LogP contribution in [0.25, 0.3) is 0 Å². The van der Waals surface area contributed by atoms with E-state index in [1.54, 1.807) is 0 Å². The molecule has 1 fully saturated rings. The molecule has 100 valence electrons. The van der Waals surface area contributed by atoms with Crippen molar-refractivity contribution in [1.82, 2.24) is 15.5 Å². The van der Waals surface area contributed by atoms with E-state index in [1.165, 1.54) is 17.7 Å². The third-order valence-corrected chi connectivity index (χ3v) is 3.84. The summed E-state index contributed by atoms with van der Waals surface area (Å²) in [5, 5.41) is 11.2. The third kappa shape index (κ3) is 2.12. The molecule has 5 heteroatoms. The third-order valence-electron chi connectivity index (χ3n) is 3.84. The Balaban J connectivity index is 1.88. The van der Waals surface area contributed by atoms with Gasteiger partial charge in [0.05, 0.1) is 12.2 Å². The molecule has 0 radical (unpaired) electrons. The molecule has 2 unspecified atom stereocenters. The minimum absolute atomic E-state index is 0.147. The van der Waals surface area contributed by atoms with E-state index < -0.39 is 0 Å². The lowest BCUT2D eigenvalue weighted by atomic mass is 10.0. The minimum Gasteiger partial charge on any atom is -0.370 e. The Kier molecular flexibility index (Phi) is 3.26. The number of hydrogen-bond acceptors (Lipinski definition) is 4. The molecule has 0 aliphatic carbocycles. The molecule has 2 aliphatic rings. The van der Waals surface area contributed by atoms with Gasteiger partial charge in [0.15, 0.2) is 5.82 Å². The van der Waals surface area contributed by atoms with Crippen LogP contribution in [-0.4, -0.2) is 42.5 Å². The van der Waals surface area contributed by atoms with Gasteiger partial charge in [-0.15, -0.1) is 0 Å². The van der Waals surface area contributed by atoms with Crippen molar-refractivity contribution in [3.63, 3.8) is 0 Å². The number of anilines is 1. The van der Waals surface area contributed by atoms with E-state index in [0.717, 1.165) is 38.4 Å². The van der Waals surface area contributed by atoms with Gasteiger partial charge in [-0.25, -0.2) is 0 Å². The van der Waals surface area contributed by atoms with Crippen LogP contribution in [0.15, 0.2) is 0 Å². The Hall–Kier alpha value is -1.07. The van der Waals surface area contributed by atoms with Gasteiger partial charge < -0.3 is 15.0 Å². The molecule has 2 N–H and O–H groups in total. The molecule has 1 aromatic rings. The maximum absolute atomic E-state index is 5.93. The van der Waals surface area contributed by atoms with Crippen LogP contribution < -0.4 is 10.2 Å². The lowest BCUT2D eigenvalue weighted by Crippen LogP contribution is -2.30. The summed E-state index contributed by atoms with van der Waals surface area (Å²) in [4.78, 5) is 2.38. The van der Waals surface area contributed by atoms with E-state index in [4.69, 9.17) is 4.74 Å². The van der Waals surface area contributed by atoms with Crippen molar-refractivity contribution in [1.29, 1.82) is 0 Å². The molecule has 3 heterocycles. The number of aromatic amines is 1. The second-order valence-corrected chi connectivity index (χ2v) is 5.32. The van der Waals surface area contributed by atoms with Crippen LogP contribution in [0.2, 0.25) is 0 Å². The molecular weight excluding hydrogens is 228 g/mol. The predicted molar refractivity (Wildman–Crippen MR) is 71.0 cm³/mol. The van der Waals surface area contributed by atoms with Gasteiger partial charge in [-0.2, -0.15) is 5.10 Å². The molecule has 1 aromatic heterocycles. The maximum atomic E-state index is 5.93. The lowest BCUT2D eigenvalue weighted by Gasteiger charge is -2.28. The summed E-state index contributed by atoms with van der Waals surface area (Å²) < 4.78 is 5.93. The van der Waals surface area contributed by atoms with Crippen molar-refractivity contribution in [3.05, 3.63) is 11.3 Å². The first-order valence-corrected chi connectivity index (χ1v) is 6.94. The highest BCUT2D eigenvalue weighted by molar-refractivity contribution is 5.51. The summed E-state index contributed by atoms with van der Waals surface area (Å²) >= 11 is 0. The standard InChI is InChI=1S/C13H22N4O/c1-9-8-11-12(10(2)18-9)13(16-15-11)17-6-3-4-14-5-7-17/h9-10,14H,3-8H2,1-2H3,(H,15,16). The van der Waals surface area contributed by atoms with E-state index in [9.17, 15) is 0 Å². The van der Waals surface area contributed by atoms with Crippen LogP contribution in [0, 0.1) is 0 Å². The van der Waals surface area contributed by atoms with E-state index in [2.05, 4.69) is 34.3 Å². The summed E-state index contributed by atoms with van der Waals surface area (Å²) in [6, 6.07) is 0. The number of ether oxygens (including phenoxy) is 1. The van der Waals surface area contributed by atoms with Crippen LogP contribution >= 0.6 is 0 Å². The predicted octanol–water partition coefficient (Wildman–Crippen LogP) is 1.23. The summed E-state index contributed by atoms with van der Waals surface area (Å²) in [6.45, 7) is 8.49. The second-order valence-electron chi connectivity index (χ2n) is 5.32. The van der Waals surface area contributed by atoms with Gasteiger partial charge in [0.25, 0.3) is 0 Å². The molecule has 0 aromatic carbocycles. The minimum atomic E-state index is 0.147. The van der Waals surface area contributed by atoms with Crippen LogP contribution in [0.1, 0.15) is 37.6 Å². The van der Waals surface area contributed by atoms with Gasteiger partial charge >= 0.3 is 0 Å². The first kappa shape index (κ1) is 12.0. The highest BCUT2D eigenvalue weighted by atomic mass is 16.5. The number of aromatic nitrogens is 2. The molecule has 2 aliphatic heterocycles. The zero-order chi connectivity index (χ0) is 12.5. The Morgan fingerprint density at radius 2 is 2.17 bits per heavy atom. The first-order valence-electron chi connectivity index (χ1n) is 6.94. The largest absolute Gasteiger partial charge is 0.370 e. The molecular formula is C13H22N4O. The van der Waals surface area contributed by atoms with Gasteiger partial charge in [-0.3, -0.25) is 5.10 Å². The molecule has 5 nitrogen and oxygen atoms in total. The molecule has 0 amide bonds. The average molecular weight is 250 g/mol. The Morgan fingerprint density at radius 1 is 1.28 bits per heavy atom. The van der Waals surface area contributed by atoms with E-state index >= 15 is 0 Å².